The molecule has 5 heteroatoms. The van der Waals surface area contributed by atoms with Crippen LogP contribution in [-0.2, 0) is 16.3 Å². The second kappa shape index (κ2) is 5.72. The van der Waals surface area contributed by atoms with Crippen LogP contribution in [-0.4, -0.2) is 26.5 Å². The van der Waals surface area contributed by atoms with E-state index in [4.69, 9.17) is 5.73 Å². The molecule has 1 aromatic carbocycles. The Balaban J connectivity index is 2.06. The molecule has 2 N–H and O–H groups in total. The van der Waals surface area contributed by atoms with E-state index in [9.17, 15) is 8.42 Å². The van der Waals surface area contributed by atoms with E-state index in [1.807, 2.05) is 12.1 Å². The van der Waals surface area contributed by atoms with Gasteiger partial charge >= 0.3 is 0 Å². The second-order valence-electron chi connectivity index (χ2n) is 4.99. The molecule has 100 valence electrons. The molecule has 3 nitrogen and oxygen atoms in total. The van der Waals surface area contributed by atoms with Crippen LogP contribution in [0.5, 0.6) is 0 Å². The highest BCUT2D eigenvalue weighted by Gasteiger charge is 2.32. The molecule has 0 bridgehead atoms. The van der Waals surface area contributed by atoms with Crippen molar-refractivity contribution >= 4 is 25.8 Å². The van der Waals surface area contributed by atoms with Crippen molar-refractivity contribution in [3.05, 3.63) is 34.3 Å². The molecule has 2 atom stereocenters. The minimum Gasteiger partial charge on any atom is -0.330 e. The van der Waals surface area contributed by atoms with Gasteiger partial charge in [0.05, 0.1) is 11.5 Å². The lowest BCUT2D eigenvalue weighted by atomic mass is 9.86. The first-order chi connectivity index (χ1) is 8.50. The third kappa shape index (κ3) is 3.56. The standard InChI is InChI=1S/C13H18BrNO2S/c14-13-3-1-2-10(7-13)6-12(8-15)11-4-5-18(16,17)9-11/h1-3,7,11-12H,4-6,8-9,15H2. The van der Waals surface area contributed by atoms with E-state index in [1.54, 1.807) is 0 Å². The number of hydrogen-bond acceptors (Lipinski definition) is 3. The molecule has 0 aromatic heterocycles. The lowest BCUT2D eigenvalue weighted by Gasteiger charge is -2.20. The zero-order valence-corrected chi connectivity index (χ0v) is 12.6. The maximum atomic E-state index is 11.5. The SMILES string of the molecule is NCC(Cc1cccc(Br)c1)C1CCS(=O)(=O)C1. The highest BCUT2D eigenvalue weighted by Crippen LogP contribution is 2.28. The molecule has 1 aliphatic heterocycles. The van der Waals surface area contributed by atoms with Gasteiger partial charge in [-0.3, -0.25) is 0 Å². The third-order valence-electron chi connectivity index (χ3n) is 3.62. The van der Waals surface area contributed by atoms with Crippen LogP contribution >= 0.6 is 15.9 Å². The third-order valence-corrected chi connectivity index (χ3v) is 5.91. The smallest absolute Gasteiger partial charge is 0.150 e. The molecule has 0 spiro atoms. The zero-order valence-electron chi connectivity index (χ0n) is 10.2. The summed E-state index contributed by atoms with van der Waals surface area (Å²) >= 11 is 3.45. The summed E-state index contributed by atoms with van der Waals surface area (Å²) in [5, 5.41) is 0. The Labute approximate surface area is 117 Å². The molecule has 0 radical (unpaired) electrons. The molecule has 18 heavy (non-hydrogen) atoms. The Morgan fingerprint density at radius 3 is 2.78 bits per heavy atom. The second-order valence-corrected chi connectivity index (χ2v) is 8.14. The molecule has 2 unspecified atom stereocenters. The van der Waals surface area contributed by atoms with E-state index in [0.717, 1.165) is 17.3 Å². The summed E-state index contributed by atoms with van der Waals surface area (Å²) < 4.78 is 24.1. The predicted molar refractivity (Wildman–Crippen MR) is 77.2 cm³/mol. The highest BCUT2D eigenvalue weighted by molar-refractivity contribution is 9.10. The van der Waals surface area contributed by atoms with Gasteiger partial charge < -0.3 is 5.73 Å². The maximum absolute atomic E-state index is 11.5. The number of rotatable bonds is 4. The van der Waals surface area contributed by atoms with E-state index in [-0.39, 0.29) is 11.8 Å². The molecule has 1 aromatic rings. The van der Waals surface area contributed by atoms with Crippen molar-refractivity contribution in [1.29, 1.82) is 0 Å². The van der Waals surface area contributed by atoms with Crippen LogP contribution < -0.4 is 5.73 Å². The lowest BCUT2D eigenvalue weighted by Crippen LogP contribution is -2.26. The summed E-state index contributed by atoms with van der Waals surface area (Å²) in [6.45, 7) is 0.548. The van der Waals surface area contributed by atoms with E-state index >= 15 is 0 Å². The molecule has 0 aliphatic carbocycles. The van der Waals surface area contributed by atoms with Gasteiger partial charge in [0.1, 0.15) is 0 Å². The summed E-state index contributed by atoms with van der Waals surface area (Å²) in [7, 11) is -2.82. The summed E-state index contributed by atoms with van der Waals surface area (Å²) in [6.07, 6.45) is 1.62. The Morgan fingerprint density at radius 1 is 1.44 bits per heavy atom. The van der Waals surface area contributed by atoms with Crippen molar-refractivity contribution in [2.75, 3.05) is 18.1 Å². The van der Waals surface area contributed by atoms with Crippen LogP contribution in [0.3, 0.4) is 0 Å². The minimum absolute atomic E-state index is 0.221. The quantitative estimate of drug-likeness (QED) is 0.917. The summed E-state index contributed by atoms with van der Waals surface area (Å²) in [4.78, 5) is 0. The highest BCUT2D eigenvalue weighted by atomic mass is 79.9. The molecule has 1 fully saturated rings. The molecule has 1 heterocycles. The Morgan fingerprint density at radius 2 is 2.22 bits per heavy atom. The molecule has 0 saturated carbocycles. The Hall–Kier alpha value is -0.390. The van der Waals surface area contributed by atoms with Crippen molar-refractivity contribution in [2.24, 2.45) is 17.6 Å². The zero-order chi connectivity index (χ0) is 13.2. The van der Waals surface area contributed by atoms with Gasteiger partial charge in [-0.15, -0.1) is 0 Å². The first kappa shape index (κ1) is 14.0. The fourth-order valence-corrected chi connectivity index (χ4v) is 4.97. The monoisotopic (exact) mass is 331 g/mol. The normalized spacial score (nSPS) is 24.0. The topological polar surface area (TPSA) is 60.2 Å². The molecule has 1 aliphatic rings. The van der Waals surface area contributed by atoms with E-state index in [1.165, 1.54) is 5.56 Å². The van der Waals surface area contributed by atoms with Crippen LogP contribution in [0.1, 0.15) is 12.0 Å². The van der Waals surface area contributed by atoms with E-state index in [2.05, 4.69) is 28.1 Å². The number of sulfone groups is 1. The van der Waals surface area contributed by atoms with Crippen LogP contribution in [0.25, 0.3) is 0 Å². The Kier molecular flexibility index (Phi) is 4.45. The van der Waals surface area contributed by atoms with E-state index in [0.29, 0.717) is 18.1 Å². The minimum atomic E-state index is -2.82. The van der Waals surface area contributed by atoms with Gasteiger partial charge in [-0.05, 0) is 48.9 Å². The average molecular weight is 332 g/mol. The van der Waals surface area contributed by atoms with Gasteiger partial charge in [-0.2, -0.15) is 0 Å². The largest absolute Gasteiger partial charge is 0.330 e. The van der Waals surface area contributed by atoms with Crippen LogP contribution in [0.2, 0.25) is 0 Å². The first-order valence-electron chi connectivity index (χ1n) is 6.15. The van der Waals surface area contributed by atoms with Gasteiger partial charge in [-0.1, -0.05) is 28.1 Å². The fourth-order valence-electron chi connectivity index (χ4n) is 2.60. The van der Waals surface area contributed by atoms with Crippen molar-refractivity contribution in [2.45, 2.75) is 12.8 Å². The van der Waals surface area contributed by atoms with Gasteiger partial charge in [0, 0.05) is 4.47 Å². The molecule has 1 saturated heterocycles. The lowest BCUT2D eigenvalue weighted by molar-refractivity contribution is 0.370. The molecule has 0 amide bonds. The van der Waals surface area contributed by atoms with Crippen molar-refractivity contribution in [3.63, 3.8) is 0 Å². The molecular weight excluding hydrogens is 314 g/mol. The predicted octanol–water partition coefficient (Wildman–Crippen LogP) is 2.00. The van der Waals surface area contributed by atoms with Crippen LogP contribution in [0, 0.1) is 11.8 Å². The number of halogens is 1. The fraction of sp³-hybridized carbons (Fsp3) is 0.538. The summed E-state index contributed by atoms with van der Waals surface area (Å²) in [6, 6.07) is 8.13. The summed E-state index contributed by atoms with van der Waals surface area (Å²) in [5.74, 6) is 1.12. The van der Waals surface area contributed by atoms with Gasteiger partial charge in [0.25, 0.3) is 0 Å². The number of nitrogens with two attached hydrogens (primary N) is 1. The first-order valence-corrected chi connectivity index (χ1v) is 8.76. The van der Waals surface area contributed by atoms with Crippen LogP contribution in [0.4, 0.5) is 0 Å². The number of hydrogen-bond donors (Lipinski definition) is 1. The molecule has 2 rings (SSSR count). The maximum Gasteiger partial charge on any atom is 0.150 e. The average Bonchev–Trinajstić information content (AvgIpc) is 2.66. The number of benzene rings is 1. The van der Waals surface area contributed by atoms with Gasteiger partial charge in [0.15, 0.2) is 9.84 Å². The van der Waals surface area contributed by atoms with Gasteiger partial charge in [-0.25, -0.2) is 8.42 Å². The van der Waals surface area contributed by atoms with Crippen molar-refractivity contribution in [1.82, 2.24) is 0 Å². The Bertz CT molecular complexity index is 515. The van der Waals surface area contributed by atoms with Gasteiger partial charge in [0.2, 0.25) is 0 Å². The van der Waals surface area contributed by atoms with Crippen molar-refractivity contribution < 1.29 is 8.42 Å². The van der Waals surface area contributed by atoms with Crippen LogP contribution in [0.15, 0.2) is 28.7 Å². The van der Waals surface area contributed by atoms with E-state index < -0.39 is 9.84 Å². The summed E-state index contributed by atoms with van der Waals surface area (Å²) in [5.41, 5.74) is 7.03. The molecular formula is C13H18BrNO2S. The van der Waals surface area contributed by atoms with Crippen molar-refractivity contribution in [3.8, 4) is 0 Å².